The first-order valence-corrected chi connectivity index (χ1v) is 6.39. The predicted octanol–water partition coefficient (Wildman–Crippen LogP) is 2.78. The van der Waals surface area contributed by atoms with Gasteiger partial charge >= 0.3 is 6.09 Å². The second kappa shape index (κ2) is 5.17. The molecule has 0 N–H and O–H groups in total. The van der Waals surface area contributed by atoms with Crippen LogP contribution in [0, 0.1) is 0 Å². The molecular weight excluding hydrogens is 254 g/mol. The Labute approximate surface area is 116 Å². The SMILES string of the molecule is O=C1OC(Cc2ccccc2)C(=O)N1c1ccccc1. The number of carbonyl (C=O) groups is 2. The smallest absolute Gasteiger partial charge is 0.422 e. The third-order valence-corrected chi connectivity index (χ3v) is 3.20. The van der Waals surface area contributed by atoms with E-state index in [0.29, 0.717) is 12.1 Å². The lowest BCUT2D eigenvalue weighted by Gasteiger charge is -2.10. The summed E-state index contributed by atoms with van der Waals surface area (Å²) in [6.07, 6.45) is -0.957. The van der Waals surface area contributed by atoms with Crippen molar-refractivity contribution in [1.82, 2.24) is 0 Å². The van der Waals surface area contributed by atoms with E-state index in [1.807, 2.05) is 36.4 Å². The number of rotatable bonds is 3. The standard InChI is InChI=1S/C16H13NO3/c18-15-14(11-12-7-3-1-4-8-12)20-16(19)17(15)13-9-5-2-6-10-13/h1-10,14H,11H2. The van der Waals surface area contributed by atoms with E-state index >= 15 is 0 Å². The highest BCUT2D eigenvalue weighted by Gasteiger charge is 2.41. The summed E-state index contributed by atoms with van der Waals surface area (Å²) in [4.78, 5) is 25.3. The Balaban J connectivity index is 1.81. The molecular formula is C16H13NO3. The van der Waals surface area contributed by atoms with Gasteiger partial charge in [-0.05, 0) is 17.7 Å². The predicted molar refractivity (Wildman–Crippen MR) is 74.3 cm³/mol. The zero-order valence-corrected chi connectivity index (χ0v) is 10.7. The highest BCUT2D eigenvalue weighted by molar-refractivity contribution is 6.18. The van der Waals surface area contributed by atoms with Crippen LogP contribution in [0.1, 0.15) is 5.56 Å². The molecule has 0 spiro atoms. The summed E-state index contributed by atoms with van der Waals surface area (Å²) in [5.41, 5.74) is 1.51. The van der Waals surface area contributed by atoms with Gasteiger partial charge in [0.1, 0.15) is 0 Å². The maximum absolute atomic E-state index is 12.3. The molecule has 0 radical (unpaired) electrons. The Bertz CT molecular complexity index is 625. The number of benzene rings is 2. The Kier molecular flexibility index (Phi) is 3.21. The first-order chi connectivity index (χ1) is 9.75. The van der Waals surface area contributed by atoms with E-state index in [0.717, 1.165) is 10.5 Å². The second-order valence-electron chi connectivity index (χ2n) is 4.57. The van der Waals surface area contributed by atoms with Gasteiger partial charge in [0.25, 0.3) is 5.91 Å². The number of para-hydroxylation sites is 1. The van der Waals surface area contributed by atoms with Gasteiger partial charge in [0.05, 0.1) is 5.69 Å². The molecule has 2 aromatic rings. The van der Waals surface area contributed by atoms with E-state index in [9.17, 15) is 9.59 Å². The van der Waals surface area contributed by atoms with Crippen LogP contribution in [0.25, 0.3) is 0 Å². The van der Waals surface area contributed by atoms with Gasteiger partial charge in [-0.2, -0.15) is 0 Å². The van der Waals surface area contributed by atoms with Gasteiger partial charge in [-0.15, -0.1) is 0 Å². The third kappa shape index (κ3) is 2.28. The number of amides is 2. The molecule has 1 atom stereocenters. The summed E-state index contributed by atoms with van der Waals surface area (Å²) in [6, 6.07) is 18.3. The Hall–Kier alpha value is -2.62. The van der Waals surface area contributed by atoms with Crippen molar-refractivity contribution in [1.29, 1.82) is 0 Å². The second-order valence-corrected chi connectivity index (χ2v) is 4.57. The molecule has 1 heterocycles. The van der Waals surface area contributed by atoms with Crippen molar-refractivity contribution in [3.63, 3.8) is 0 Å². The number of anilines is 1. The van der Waals surface area contributed by atoms with Gasteiger partial charge in [0.2, 0.25) is 0 Å². The van der Waals surface area contributed by atoms with Crippen LogP contribution < -0.4 is 4.90 Å². The summed E-state index contributed by atoms with van der Waals surface area (Å²) < 4.78 is 5.18. The van der Waals surface area contributed by atoms with Crippen LogP contribution in [-0.4, -0.2) is 18.1 Å². The fraction of sp³-hybridized carbons (Fsp3) is 0.125. The van der Waals surface area contributed by atoms with Gasteiger partial charge in [-0.25, -0.2) is 9.69 Å². The quantitative estimate of drug-likeness (QED) is 0.859. The minimum Gasteiger partial charge on any atom is -0.435 e. The van der Waals surface area contributed by atoms with Gasteiger partial charge < -0.3 is 4.74 Å². The zero-order chi connectivity index (χ0) is 13.9. The van der Waals surface area contributed by atoms with E-state index in [4.69, 9.17) is 4.74 Å². The fourth-order valence-electron chi connectivity index (χ4n) is 2.23. The highest BCUT2D eigenvalue weighted by atomic mass is 16.6. The van der Waals surface area contributed by atoms with E-state index in [-0.39, 0.29) is 5.91 Å². The minimum absolute atomic E-state index is 0.315. The Morgan fingerprint density at radius 3 is 2.15 bits per heavy atom. The van der Waals surface area contributed by atoms with Gasteiger partial charge in [0.15, 0.2) is 6.10 Å². The Morgan fingerprint density at radius 2 is 1.50 bits per heavy atom. The van der Waals surface area contributed by atoms with Crippen molar-refractivity contribution < 1.29 is 14.3 Å². The Morgan fingerprint density at radius 1 is 0.900 bits per heavy atom. The van der Waals surface area contributed by atoms with Gasteiger partial charge in [0, 0.05) is 6.42 Å². The lowest BCUT2D eigenvalue weighted by Crippen LogP contribution is -2.32. The first kappa shape index (κ1) is 12.4. The largest absolute Gasteiger partial charge is 0.435 e. The van der Waals surface area contributed by atoms with E-state index in [1.165, 1.54) is 0 Å². The lowest BCUT2D eigenvalue weighted by molar-refractivity contribution is -0.121. The van der Waals surface area contributed by atoms with Crippen molar-refractivity contribution >= 4 is 17.7 Å². The molecule has 1 saturated heterocycles. The summed E-state index contributed by atoms with van der Waals surface area (Å²) >= 11 is 0. The average Bonchev–Trinajstić information content (AvgIpc) is 2.75. The summed E-state index contributed by atoms with van der Waals surface area (Å²) in [5.74, 6) is -0.315. The first-order valence-electron chi connectivity index (χ1n) is 6.39. The summed E-state index contributed by atoms with van der Waals surface area (Å²) in [6.45, 7) is 0. The van der Waals surface area contributed by atoms with Gasteiger partial charge in [-0.1, -0.05) is 48.5 Å². The van der Waals surface area contributed by atoms with Crippen molar-refractivity contribution in [3.05, 3.63) is 66.2 Å². The van der Waals surface area contributed by atoms with Crippen molar-refractivity contribution in [2.45, 2.75) is 12.5 Å². The van der Waals surface area contributed by atoms with Crippen molar-refractivity contribution in [2.75, 3.05) is 4.90 Å². The molecule has 1 aliphatic rings. The van der Waals surface area contributed by atoms with Gasteiger partial charge in [-0.3, -0.25) is 4.79 Å². The molecule has 0 aromatic heterocycles. The maximum Gasteiger partial charge on any atom is 0.422 e. The zero-order valence-electron chi connectivity index (χ0n) is 10.7. The number of hydrogen-bond acceptors (Lipinski definition) is 3. The fourth-order valence-corrected chi connectivity index (χ4v) is 2.23. The molecule has 4 heteroatoms. The molecule has 20 heavy (non-hydrogen) atoms. The number of nitrogens with zero attached hydrogens (tertiary/aromatic N) is 1. The molecule has 0 bridgehead atoms. The van der Waals surface area contributed by atoms with Crippen LogP contribution in [0.3, 0.4) is 0 Å². The minimum atomic E-state index is -0.745. The van der Waals surface area contributed by atoms with Crippen LogP contribution in [0.15, 0.2) is 60.7 Å². The highest BCUT2D eigenvalue weighted by Crippen LogP contribution is 2.24. The molecule has 2 amide bonds. The van der Waals surface area contributed by atoms with Crippen molar-refractivity contribution in [3.8, 4) is 0 Å². The molecule has 3 rings (SSSR count). The molecule has 1 unspecified atom stereocenters. The molecule has 2 aromatic carbocycles. The van der Waals surface area contributed by atoms with Crippen LogP contribution in [-0.2, 0) is 16.0 Å². The summed E-state index contributed by atoms with van der Waals surface area (Å²) in [5, 5.41) is 0. The molecule has 0 saturated carbocycles. The monoisotopic (exact) mass is 267 g/mol. The normalized spacial score (nSPS) is 18.2. The van der Waals surface area contributed by atoms with Crippen LogP contribution >= 0.6 is 0 Å². The van der Waals surface area contributed by atoms with Crippen LogP contribution in [0.2, 0.25) is 0 Å². The maximum atomic E-state index is 12.3. The van der Waals surface area contributed by atoms with Crippen LogP contribution in [0.5, 0.6) is 0 Å². The van der Waals surface area contributed by atoms with E-state index in [2.05, 4.69) is 0 Å². The van der Waals surface area contributed by atoms with Crippen LogP contribution in [0.4, 0.5) is 10.5 Å². The molecule has 0 aliphatic carbocycles. The number of imide groups is 1. The molecule has 1 fully saturated rings. The number of cyclic esters (lactones) is 1. The molecule has 4 nitrogen and oxygen atoms in total. The average molecular weight is 267 g/mol. The topological polar surface area (TPSA) is 46.6 Å². The third-order valence-electron chi connectivity index (χ3n) is 3.20. The molecule has 1 aliphatic heterocycles. The lowest BCUT2D eigenvalue weighted by atomic mass is 10.1. The van der Waals surface area contributed by atoms with E-state index in [1.54, 1.807) is 24.3 Å². The van der Waals surface area contributed by atoms with Crippen molar-refractivity contribution in [2.24, 2.45) is 0 Å². The number of hydrogen-bond donors (Lipinski definition) is 0. The number of carbonyl (C=O) groups excluding carboxylic acids is 2. The summed E-state index contributed by atoms with van der Waals surface area (Å²) in [7, 11) is 0. The molecule has 100 valence electrons. The number of ether oxygens (including phenoxy) is 1. The van der Waals surface area contributed by atoms with E-state index < -0.39 is 12.2 Å².